The Hall–Kier alpha value is -4.01. The van der Waals surface area contributed by atoms with E-state index in [-0.39, 0.29) is 18.4 Å². The third-order valence-corrected chi connectivity index (χ3v) is 3.76. The summed E-state index contributed by atoms with van der Waals surface area (Å²) in [6.07, 6.45) is 0. The molecule has 28 heavy (non-hydrogen) atoms. The van der Waals surface area contributed by atoms with Crippen molar-refractivity contribution in [3.63, 3.8) is 0 Å². The van der Waals surface area contributed by atoms with E-state index in [1.807, 2.05) is 36.4 Å². The van der Waals surface area contributed by atoms with Gasteiger partial charge in [0.05, 0.1) is 0 Å². The molecule has 0 aliphatic rings. The van der Waals surface area contributed by atoms with Gasteiger partial charge in [-0.15, -0.1) is 5.10 Å². The third kappa shape index (κ3) is 3.88. The van der Waals surface area contributed by atoms with Crippen LogP contribution in [0, 0.1) is 0 Å². The molecule has 0 aliphatic heterocycles. The van der Waals surface area contributed by atoms with E-state index in [1.54, 1.807) is 24.3 Å². The number of aromatic nitrogens is 4. The molecule has 0 spiro atoms. The monoisotopic (exact) mass is 378 g/mol. The van der Waals surface area contributed by atoms with Crippen LogP contribution in [0.1, 0.15) is 5.89 Å². The molecule has 2 heterocycles. The van der Waals surface area contributed by atoms with E-state index in [4.69, 9.17) is 13.7 Å². The fraction of sp³-hybridized carbons (Fsp3) is 0.105. The molecule has 0 aliphatic carbocycles. The highest BCUT2D eigenvalue weighted by Gasteiger charge is 2.15. The van der Waals surface area contributed by atoms with E-state index in [1.165, 1.54) is 0 Å². The summed E-state index contributed by atoms with van der Waals surface area (Å²) in [5.74, 6) is -0.770. The highest BCUT2D eigenvalue weighted by Crippen LogP contribution is 2.15. The lowest BCUT2D eigenvalue weighted by molar-refractivity contribution is -0.146. The molecular formula is C19H14N4O5. The van der Waals surface area contributed by atoms with Crippen LogP contribution in [0.3, 0.4) is 0 Å². The fourth-order valence-electron chi connectivity index (χ4n) is 2.43. The largest absolute Gasteiger partial charge is 0.454 e. The minimum atomic E-state index is -0.750. The molecule has 0 amide bonds. The smallest absolute Gasteiger partial charge is 0.437 e. The molecule has 0 saturated heterocycles. The van der Waals surface area contributed by atoms with Gasteiger partial charge in [0, 0.05) is 11.1 Å². The second kappa shape index (κ2) is 7.70. The van der Waals surface area contributed by atoms with Crippen molar-refractivity contribution < 1.29 is 18.5 Å². The van der Waals surface area contributed by atoms with Crippen LogP contribution in [0.2, 0.25) is 0 Å². The Morgan fingerprint density at radius 1 is 1.00 bits per heavy atom. The molecule has 0 saturated carbocycles. The first kappa shape index (κ1) is 17.4. The molecule has 0 fully saturated rings. The van der Waals surface area contributed by atoms with Crippen LogP contribution >= 0.6 is 0 Å². The summed E-state index contributed by atoms with van der Waals surface area (Å²) < 4.78 is 16.1. The quantitative estimate of drug-likeness (QED) is 0.470. The molecule has 9 heteroatoms. The van der Waals surface area contributed by atoms with Crippen LogP contribution in [-0.4, -0.2) is 25.9 Å². The lowest BCUT2D eigenvalue weighted by Gasteiger charge is -2.00. The van der Waals surface area contributed by atoms with E-state index in [0.29, 0.717) is 11.4 Å². The van der Waals surface area contributed by atoms with Gasteiger partial charge in [-0.05, 0) is 12.1 Å². The number of esters is 1. The molecule has 4 aromatic rings. The molecule has 140 valence electrons. The summed E-state index contributed by atoms with van der Waals surface area (Å²) >= 11 is 0. The molecular weight excluding hydrogens is 364 g/mol. The van der Waals surface area contributed by atoms with Crippen molar-refractivity contribution in [3.05, 3.63) is 77.1 Å². The summed E-state index contributed by atoms with van der Waals surface area (Å²) in [6.45, 7) is -0.605. The number of hydrogen-bond donors (Lipinski definition) is 0. The van der Waals surface area contributed by atoms with Gasteiger partial charge in [0.15, 0.2) is 6.61 Å². The van der Waals surface area contributed by atoms with Gasteiger partial charge in [0.25, 0.3) is 5.89 Å². The Morgan fingerprint density at radius 3 is 2.39 bits per heavy atom. The lowest BCUT2D eigenvalue weighted by atomic mass is 10.2. The summed E-state index contributed by atoms with van der Waals surface area (Å²) in [7, 11) is 0. The van der Waals surface area contributed by atoms with E-state index in [2.05, 4.69) is 15.2 Å². The zero-order valence-electron chi connectivity index (χ0n) is 14.5. The molecule has 0 N–H and O–H groups in total. The summed E-state index contributed by atoms with van der Waals surface area (Å²) in [6, 6.07) is 18.1. The topological polar surface area (TPSA) is 113 Å². The third-order valence-electron chi connectivity index (χ3n) is 3.76. The van der Waals surface area contributed by atoms with Crippen LogP contribution in [-0.2, 0) is 22.7 Å². The van der Waals surface area contributed by atoms with Crippen LogP contribution in [0.5, 0.6) is 0 Å². The van der Waals surface area contributed by atoms with E-state index in [9.17, 15) is 9.59 Å². The standard InChI is InChI=1S/C19H14N4O5/c24-16(11-23-19(25)27-18(21-23)14-9-5-2-6-10-14)26-12-15-20-17(22-28-15)13-7-3-1-4-8-13/h1-10H,11-12H2. The summed E-state index contributed by atoms with van der Waals surface area (Å²) in [5.41, 5.74) is 1.41. The number of ether oxygens (including phenoxy) is 1. The van der Waals surface area contributed by atoms with Gasteiger partial charge in [-0.3, -0.25) is 4.79 Å². The van der Waals surface area contributed by atoms with Gasteiger partial charge in [-0.2, -0.15) is 9.67 Å². The predicted molar refractivity (Wildman–Crippen MR) is 95.7 cm³/mol. The maximum Gasteiger partial charge on any atom is 0.437 e. The van der Waals surface area contributed by atoms with Crippen molar-refractivity contribution >= 4 is 5.97 Å². The second-order valence-corrected chi connectivity index (χ2v) is 5.74. The van der Waals surface area contributed by atoms with Crippen molar-refractivity contribution in [3.8, 4) is 22.8 Å². The highest BCUT2D eigenvalue weighted by atomic mass is 16.6. The van der Waals surface area contributed by atoms with Gasteiger partial charge in [-0.25, -0.2) is 4.79 Å². The average molecular weight is 378 g/mol. The SMILES string of the molecule is O=C(Cn1nc(-c2ccccc2)oc1=O)OCc1nc(-c2ccccc2)no1. The lowest BCUT2D eigenvalue weighted by Crippen LogP contribution is -2.23. The van der Waals surface area contributed by atoms with Crippen molar-refractivity contribution in [2.75, 3.05) is 0 Å². The molecule has 0 radical (unpaired) electrons. The molecule has 9 nitrogen and oxygen atoms in total. The van der Waals surface area contributed by atoms with Crippen molar-refractivity contribution in [2.24, 2.45) is 0 Å². The molecule has 0 atom stereocenters. The van der Waals surface area contributed by atoms with Crippen LogP contribution in [0.15, 0.2) is 74.4 Å². The number of carbonyl (C=O) groups is 1. The van der Waals surface area contributed by atoms with Crippen LogP contribution in [0.4, 0.5) is 0 Å². The first-order chi connectivity index (χ1) is 13.7. The Labute approximate surface area is 158 Å². The Morgan fingerprint density at radius 2 is 1.68 bits per heavy atom. The predicted octanol–water partition coefficient (Wildman–Crippen LogP) is 2.30. The van der Waals surface area contributed by atoms with E-state index in [0.717, 1.165) is 10.2 Å². The van der Waals surface area contributed by atoms with Crippen molar-refractivity contribution in [1.29, 1.82) is 0 Å². The maximum absolute atomic E-state index is 12.0. The molecule has 0 unspecified atom stereocenters. The van der Waals surface area contributed by atoms with Gasteiger partial charge in [0.2, 0.25) is 11.7 Å². The number of rotatable bonds is 6. The fourth-order valence-corrected chi connectivity index (χ4v) is 2.43. The first-order valence-electron chi connectivity index (χ1n) is 8.36. The second-order valence-electron chi connectivity index (χ2n) is 5.74. The van der Waals surface area contributed by atoms with Crippen molar-refractivity contribution in [2.45, 2.75) is 13.2 Å². The number of benzene rings is 2. The molecule has 2 aromatic carbocycles. The Kier molecular flexibility index (Phi) is 4.79. The Balaban J connectivity index is 1.37. The minimum Gasteiger partial charge on any atom is -0.454 e. The highest BCUT2D eigenvalue weighted by molar-refractivity contribution is 5.69. The summed E-state index contributed by atoms with van der Waals surface area (Å²) in [5, 5.41) is 7.84. The Bertz CT molecular complexity index is 1130. The number of carbonyl (C=O) groups excluding carboxylic acids is 1. The number of nitrogens with zero attached hydrogens (tertiary/aromatic N) is 4. The zero-order valence-corrected chi connectivity index (χ0v) is 14.5. The normalized spacial score (nSPS) is 10.7. The van der Waals surface area contributed by atoms with Crippen LogP contribution < -0.4 is 5.76 Å². The molecule has 0 bridgehead atoms. The minimum absolute atomic E-state index is 0.128. The average Bonchev–Trinajstić information content (AvgIpc) is 3.35. The van der Waals surface area contributed by atoms with Crippen LogP contribution in [0.25, 0.3) is 22.8 Å². The van der Waals surface area contributed by atoms with E-state index < -0.39 is 18.3 Å². The van der Waals surface area contributed by atoms with Gasteiger partial charge in [0.1, 0.15) is 6.54 Å². The van der Waals surface area contributed by atoms with Crippen molar-refractivity contribution in [1.82, 2.24) is 19.9 Å². The zero-order chi connectivity index (χ0) is 19.3. The molecule has 2 aromatic heterocycles. The van der Waals surface area contributed by atoms with Gasteiger partial charge < -0.3 is 13.7 Å². The van der Waals surface area contributed by atoms with Gasteiger partial charge in [-0.1, -0.05) is 53.7 Å². The summed E-state index contributed by atoms with van der Waals surface area (Å²) in [4.78, 5) is 28.0. The molecule has 4 rings (SSSR count). The van der Waals surface area contributed by atoms with Gasteiger partial charge >= 0.3 is 11.7 Å². The maximum atomic E-state index is 12.0. The first-order valence-corrected chi connectivity index (χ1v) is 8.36. The van der Waals surface area contributed by atoms with E-state index >= 15 is 0 Å². The number of hydrogen-bond acceptors (Lipinski definition) is 8.